The Morgan fingerprint density at radius 2 is 2.62 bits per heavy atom. The molecule has 0 spiro atoms. The van der Waals surface area contributed by atoms with Crippen molar-refractivity contribution in [2.75, 3.05) is 12.3 Å². The third-order valence-corrected chi connectivity index (χ3v) is 2.75. The lowest BCUT2D eigenvalue weighted by atomic mass is 10.4. The summed E-state index contributed by atoms with van der Waals surface area (Å²) in [5.41, 5.74) is 0.911. The number of rotatable bonds is 2. The van der Waals surface area contributed by atoms with Crippen molar-refractivity contribution in [1.82, 2.24) is 10.5 Å². The summed E-state index contributed by atoms with van der Waals surface area (Å²) in [4.78, 5) is 4.34. The zero-order valence-electron chi connectivity index (χ0n) is 7.19. The highest BCUT2D eigenvalue weighted by molar-refractivity contribution is 8.13. The Kier molecular flexibility index (Phi) is 2.86. The van der Waals surface area contributed by atoms with Crippen LogP contribution in [0.4, 0.5) is 0 Å². The lowest BCUT2D eigenvalue weighted by Crippen LogP contribution is -2.23. The molecule has 0 saturated heterocycles. The van der Waals surface area contributed by atoms with Crippen LogP contribution < -0.4 is 5.32 Å². The summed E-state index contributed by atoms with van der Waals surface area (Å²) >= 11 is 1.77. The summed E-state index contributed by atoms with van der Waals surface area (Å²) < 4.78 is 4.72. The normalized spacial score (nSPS) is 16.8. The zero-order valence-corrected chi connectivity index (χ0v) is 8.01. The van der Waals surface area contributed by atoms with E-state index in [-0.39, 0.29) is 0 Å². The van der Waals surface area contributed by atoms with Gasteiger partial charge in [-0.2, -0.15) is 0 Å². The van der Waals surface area contributed by atoms with Gasteiger partial charge in [-0.1, -0.05) is 16.9 Å². The highest BCUT2D eigenvalue weighted by Gasteiger charge is 2.05. The Hall–Kier alpha value is -0.970. The molecule has 0 atom stereocenters. The molecule has 2 heterocycles. The first-order valence-electron chi connectivity index (χ1n) is 4.25. The van der Waals surface area contributed by atoms with Crippen molar-refractivity contribution >= 4 is 16.9 Å². The van der Waals surface area contributed by atoms with Crippen LogP contribution in [0, 0.1) is 0 Å². The van der Waals surface area contributed by atoms with E-state index in [0.717, 1.165) is 23.2 Å². The van der Waals surface area contributed by atoms with Crippen LogP contribution in [0.25, 0.3) is 0 Å². The molecule has 0 aromatic carbocycles. The summed E-state index contributed by atoms with van der Waals surface area (Å²) in [5, 5.41) is 8.04. The first kappa shape index (κ1) is 8.62. The van der Waals surface area contributed by atoms with E-state index in [4.69, 9.17) is 4.52 Å². The number of nitrogens with zero attached hydrogens (tertiary/aromatic N) is 2. The SMILES string of the molecule is c1cc(CNC2=NCCCS2)no1. The fraction of sp³-hybridized carbons (Fsp3) is 0.500. The van der Waals surface area contributed by atoms with Crippen molar-refractivity contribution in [2.24, 2.45) is 4.99 Å². The van der Waals surface area contributed by atoms with Crippen LogP contribution in [0.2, 0.25) is 0 Å². The molecule has 1 aromatic rings. The van der Waals surface area contributed by atoms with Gasteiger partial charge in [-0.25, -0.2) is 0 Å². The van der Waals surface area contributed by atoms with Gasteiger partial charge >= 0.3 is 0 Å². The van der Waals surface area contributed by atoms with Crippen molar-refractivity contribution in [1.29, 1.82) is 0 Å². The fourth-order valence-electron chi connectivity index (χ4n) is 1.06. The number of aliphatic imine (C=N–C) groups is 1. The molecule has 0 bridgehead atoms. The van der Waals surface area contributed by atoms with Gasteiger partial charge < -0.3 is 9.84 Å². The second-order valence-corrected chi connectivity index (χ2v) is 3.82. The van der Waals surface area contributed by atoms with Crippen molar-refractivity contribution in [3.8, 4) is 0 Å². The molecule has 1 N–H and O–H groups in total. The van der Waals surface area contributed by atoms with Gasteiger partial charge in [0.25, 0.3) is 0 Å². The molecule has 0 radical (unpaired) electrons. The molecule has 1 aromatic heterocycles. The number of hydrogen-bond donors (Lipinski definition) is 1. The molecule has 4 nitrogen and oxygen atoms in total. The van der Waals surface area contributed by atoms with Crippen LogP contribution in [-0.4, -0.2) is 22.6 Å². The minimum absolute atomic E-state index is 0.697. The van der Waals surface area contributed by atoms with E-state index in [1.54, 1.807) is 18.0 Å². The number of aromatic nitrogens is 1. The van der Waals surface area contributed by atoms with Gasteiger partial charge in [0.1, 0.15) is 12.0 Å². The number of thioether (sulfide) groups is 1. The molecule has 0 aliphatic carbocycles. The zero-order chi connectivity index (χ0) is 8.93. The molecule has 0 amide bonds. The van der Waals surface area contributed by atoms with Crippen LogP contribution >= 0.6 is 11.8 Å². The molecule has 0 unspecified atom stereocenters. The fourth-order valence-corrected chi connectivity index (χ4v) is 1.89. The van der Waals surface area contributed by atoms with E-state index in [0.29, 0.717) is 6.54 Å². The smallest absolute Gasteiger partial charge is 0.156 e. The molecule has 2 rings (SSSR count). The highest BCUT2D eigenvalue weighted by atomic mass is 32.2. The maximum absolute atomic E-state index is 4.72. The van der Waals surface area contributed by atoms with Crippen LogP contribution in [0.15, 0.2) is 21.8 Å². The first-order valence-corrected chi connectivity index (χ1v) is 5.24. The molecule has 5 heteroatoms. The Balaban J connectivity index is 1.82. The minimum atomic E-state index is 0.697. The topological polar surface area (TPSA) is 50.4 Å². The highest BCUT2D eigenvalue weighted by Crippen LogP contribution is 2.10. The molecule has 1 aliphatic rings. The van der Waals surface area contributed by atoms with Crippen LogP contribution in [0.1, 0.15) is 12.1 Å². The monoisotopic (exact) mass is 197 g/mol. The average Bonchev–Trinajstić information content (AvgIpc) is 2.69. The minimum Gasteiger partial charge on any atom is -0.364 e. The lowest BCUT2D eigenvalue weighted by molar-refractivity contribution is 0.411. The van der Waals surface area contributed by atoms with E-state index in [9.17, 15) is 0 Å². The van der Waals surface area contributed by atoms with Crippen LogP contribution in [0.5, 0.6) is 0 Å². The first-order chi connectivity index (χ1) is 6.45. The average molecular weight is 197 g/mol. The van der Waals surface area contributed by atoms with E-state index in [1.807, 2.05) is 6.07 Å². The molecule has 1 aliphatic heterocycles. The largest absolute Gasteiger partial charge is 0.364 e. The predicted octanol–water partition coefficient (Wildman–Crippen LogP) is 1.26. The number of nitrogens with one attached hydrogen (secondary N) is 1. The standard InChI is InChI=1S/C8H11N3OS/c1-3-9-8(13-5-1)10-6-7-2-4-12-11-7/h2,4H,1,3,5-6H2,(H,9,10). The molecule has 0 saturated carbocycles. The number of amidine groups is 1. The Morgan fingerprint density at radius 3 is 3.31 bits per heavy atom. The van der Waals surface area contributed by atoms with Crippen LogP contribution in [-0.2, 0) is 6.54 Å². The Labute approximate surface area is 80.8 Å². The number of hydrogen-bond acceptors (Lipinski definition) is 5. The maximum Gasteiger partial charge on any atom is 0.156 e. The molecule has 0 fully saturated rings. The third-order valence-electron chi connectivity index (χ3n) is 1.71. The molecular weight excluding hydrogens is 186 g/mol. The van der Waals surface area contributed by atoms with Gasteiger partial charge in [-0.3, -0.25) is 4.99 Å². The van der Waals surface area contributed by atoms with Crippen molar-refractivity contribution in [3.63, 3.8) is 0 Å². The molecule has 13 heavy (non-hydrogen) atoms. The summed E-state index contributed by atoms with van der Waals surface area (Å²) in [6.45, 7) is 1.64. The third kappa shape index (κ3) is 2.48. The van der Waals surface area contributed by atoms with Crippen molar-refractivity contribution in [3.05, 3.63) is 18.0 Å². The maximum atomic E-state index is 4.72. The van der Waals surface area contributed by atoms with Gasteiger partial charge in [0.15, 0.2) is 5.17 Å². The summed E-state index contributed by atoms with van der Waals surface area (Å²) in [6.07, 6.45) is 2.76. The quantitative estimate of drug-likeness (QED) is 0.775. The predicted molar refractivity (Wildman–Crippen MR) is 52.7 cm³/mol. The van der Waals surface area contributed by atoms with Gasteiger partial charge in [0.2, 0.25) is 0 Å². The van der Waals surface area contributed by atoms with Crippen LogP contribution in [0.3, 0.4) is 0 Å². The Morgan fingerprint density at radius 1 is 1.62 bits per heavy atom. The molecule has 70 valence electrons. The summed E-state index contributed by atoms with van der Waals surface area (Å²) in [7, 11) is 0. The second kappa shape index (κ2) is 4.32. The lowest BCUT2D eigenvalue weighted by Gasteiger charge is -2.11. The van der Waals surface area contributed by atoms with Gasteiger partial charge in [0.05, 0.1) is 6.54 Å². The Bertz CT molecular complexity index is 284. The van der Waals surface area contributed by atoms with Crippen molar-refractivity contribution in [2.45, 2.75) is 13.0 Å². The summed E-state index contributed by atoms with van der Waals surface area (Å²) in [5.74, 6) is 1.16. The van der Waals surface area contributed by atoms with E-state index in [2.05, 4.69) is 15.5 Å². The van der Waals surface area contributed by atoms with Gasteiger partial charge in [0, 0.05) is 18.4 Å². The van der Waals surface area contributed by atoms with Gasteiger partial charge in [-0.15, -0.1) is 0 Å². The van der Waals surface area contributed by atoms with E-state index < -0.39 is 0 Å². The van der Waals surface area contributed by atoms with E-state index >= 15 is 0 Å². The van der Waals surface area contributed by atoms with Gasteiger partial charge in [-0.05, 0) is 6.42 Å². The van der Waals surface area contributed by atoms with E-state index in [1.165, 1.54) is 6.42 Å². The molecular formula is C8H11N3OS. The van der Waals surface area contributed by atoms with Crippen molar-refractivity contribution < 1.29 is 4.52 Å². The summed E-state index contributed by atoms with van der Waals surface area (Å²) in [6, 6.07) is 1.85. The second-order valence-electron chi connectivity index (χ2n) is 2.73.